The first-order chi connectivity index (χ1) is 19.8. The highest BCUT2D eigenvalue weighted by molar-refractivity contribution is 5.64. The van der Waals surface area contributed by atoms with E-state index in [0.717, 1.165) is 43.9 Å². The molecule has 0 bridgehead atoms. The van der Waals surface area contributed by atoms with Gasteiger partial charge in [-0.15, -0.1) is 0 Å². The lowest BCUT2D eigenvalue weighted by Crippen LogP contribution is -2.32. The number of nitrogens with zero attached hydrogens (tertiary/aromatic N) is 1. The van der Waals surface area contributed by atoms with E-state index in [4.69, 9.17) is 9.47 Å². The lowest BCUT2D eigenvalue weighted by atomic mass is 10.0. The number of ether oxygens (including phenoxy) is 2. The second kappa shape index (κ2) is 20.1. The van der Waals surface area contributed by atoms with E-state index in [1.165, 1.54) is 88.2 Å². The van der Waals surface area contributed by atoms with Crippen molar-refractivity contribution in [2.24, 2.45) is 0 Å². The molecule has 0 fully saturated rings. The fraction of sp³-hybridized carbons (Fsp3) is 0.541. The number of rotatable bonds is 22. The molecular weight excluding hydrogens is 490 g/mol. The summed E-state index contributed by atoms with van der Waals surface area (Å²) in [7, 11) is 0. The van der Waals surface area contributed by atoms with Crippen molar-refractivity contribution in [3.63, 3.8) is 0 Å². The Balaban J connectivity index is 1.37. The summed E-state index contributed by atoms with van der Waals surface area (Å²) >= 11 is 0. The molecule has 1 aromatic heterocycles. The Morgan fingerprint density at radius 3 is 1.75 bits per heavy atom. The third kappa shape index (κ3) is 13.0. The molecule has 0 aliphatic rings. The van der Waals surface area contributed by atoms with Crippen molar-refractivity contribution in [1.82, 2.24) is 0 Å². The van der Waals surface area contributed by atoms with Crippen LogP contribution in [-0.2, 0) is 6.54 Å². The molecule has 0 saturated heterocycles. The molecule has 3 heteroatoms. The van der Waals surface area contributed by atoms with Crippen LogP contribution in [0.1, 0.15) is 110 Å². The Morgan fingerprint density at radius 1 is 0.550 bits per heavy atom. The summed E-state index contributed by atoms with van der Waals surface area (Å²) in [6, 6.07) is 23.4. The molecule has 0 aliphatic heterocycles. The Hall–Kier alpha value is -2.81. The predicted molar refractivity (Wildman–Crippen MR) is 169 cm³/mol. The average molecular weight is 545 g/mol. The maximum Gasteiger partial charge on any atom is 0.168 e. The first kappa shape index (κ1) is 31.7. The van der Waals surface area contributed by atoms with E-state index in [0.29, 0.717) is 6.10 Å². The van der Waals surface area contributed by atoms with Gasteiger partial charge in [0.2, 0.25) is 0 Å². The Morgan fingerprint density at radius 2 is 1.10 bits per heavy atom. The van der Waals surface area contributed by atoms with Gasteiger partial charge in [-0.25, -0.2) is 4.57 Å². The molecule has 0 amide bonds. The molecule has 1 unspecified atom stereocenters. The van der Waals surface area contributed by atoms with Crippen molar-refractivity contribution in [2.45, 2.75) is 123 Å². The minimum absolute atomic E-state index is 0.299. The van der Waals surface area contributed by atoms with Crippen molar-refractivity contribution < 1.29 is 14.0 Å². The maximum atomic E-state index is 6.46. The monoisotopic (exact) mass is 544 g/mol. The van der Waals surface area contributed by atoms with Crippen LogP contribution in [0, 0.1) is 0 Å². The number of benzene rings is 2. The molecule has 3 rings (SSSR count). The van der Waals surface area contributed by atoms with Gasteiger partial charge in [-0.1, -0.05) is 102 Å². The van der Waals surface area contributed by atoms with Crippen LogP contribution in [0.3, 0.4) is 0 Å². The highest BCUT2D eigenvalue weighted by Crippen LogP contribution is 2.26. The molecule has 0 aliphatic carbocycles. The zero-order valence-electron chi connectivity index (χ0n) is 25.4. The molecular formula is C37H54NO2+. The van der Waals surface area contributed by atoms with Gasteiger partial charge in [0.05, 0.1) is 12.7 Å². The third-order valence-electron chi connectivity index (χ3n) is 7.71. The van der Waals surface area contributed by atoms with E-state index in [1.54, 1.807) is 0 Å². The number of hydrogen-bond acceptors (Lipinski definition) is 2. The number of aryl methyl sites for hydroxylation is 1. The normalized spacial score (nSPS) is 11.8. The van der Waals surface area contributed by atoms with Gasteiger partial charge in [0.1, 0.15) is 18.0 Å². The number of unbranched alkanes of at least 4 members (excludes halogenated alkanes) is 10. The molecule has 40 heavy (non-hydrogen) atoms. The molecule has 2 aromatic carbocycles. The summed E-state index contributed by atoms with van der Waals surface area (Å²) in [6.07, 6.45) is 23.6. The Labute approximate surface area is 245 Å². The summed E-state index contributed by atoms with van der Waals surface area (Å²) in [4.78, 5) is 0. The van der Waals surface area contributed by atoms with Gasteiger partial charge in [0.15, 0.2) is 12.4 Å². The zero-order chi connectivity index (χ0) is 28.1. The second-order valence-corrected chi connectivity index (χ2v) is 11.2. The molecule has 3 nitrogen and oxygen atoms in total. The van der Waals surface area contributed by atoms with Crippen molar-refractivity contribution in [3.8, 4) is 22.6 Å². The van der Waals surface area contributed by atoms with Crippen LogP contribution in [0.15, 0.2) is 79.1 Å². The largest absolute Gasteiger partial charge is 0.494 e. The zero-order valence-corrected chi connectivity index (χ0v) is 25.4. The summed E-state index contributed by atoms with van der Waals surface area (Å²) in [5, 5.41) is 0. The lowest BCUT2D eigenvalue weighted by molar-refractivity contribution is -0.697. The predicted octanol–water partition coefficient (Wildman–Crippen LogP) is 10.4. The van der Waals surface area contributed by atoms with Gasteiger partial charge >= 0.3 is 0 Å². The van der Waals surface area contributed by atoms with E-state index in [1.807, 2.05) is 0 Å². The van der Waals surface area contributed by atoms with Gasteiger partial charge in [0, 0.05) is 18.6 Å². The van der Waals surface area contributed by atoms with Crippen molar-refractivity contribution >= 4 is 0 Å². The standard InChI is InChI=1S/C37H54NO2/c1-3-5-7-8-9-10-11-18-32-39-35-25-21-33(22-26-35)34-23-27-37(28-24-34)40-36(19-6-4-2)20-14-12-15-29-38-30-16-13-17-31-38/h13,16-17,21-28,30-31,36H,3-12,14-15,18-20,29,32H2,1-2H3/q+1. The van der Waals surface area contributed by atoms with Crippen LogP contribution in [0.4, 0.5) is 0 Å². The van der Waals surface area contributed by atoms with Crippen LogP contribution in [0.5, 0.6) is 11.5 Å². The minimum Gasteiger partial charge on any atom is -0.494 e. The van der Waals surface area contributed by atoms with E-state index < -0.39 is 0 Å². The Kier molecular flexibility index (Phi) is 16.0. The van der Waals surface area contributed by atoms with Gasteiger partial charge in [0.25, 0.3) is 0 Å². The summed E-state index contributed by atoms with van der Waals surface area (Å²) in [6.45, 7) is 6.44. The minimum atomic E-state index is 0.299. The quantitative estimate of drug-likeness (QED) is 0.0927. The van der Waals surface area contributed by atoms with Crippen LogP contribution < -0.4 is 14.0 Å². The highest BCUT2D eigenvalue weighted by Gasteiger charge is 2.11. The molecule has 0 spiro atoms. The van der Waals surface area contributed by atoms with Crippen LogP contribution >= 0.6 is 0 Å². The van der Waals surface area contributed by atoms with Crippen LogP contribution in [0.2, 0.25) is 0 Å². The molecule has 0 radical (unpaired) electrons. The molecule has 218 valence electrons. The number of hydrogen-bond donors (Lipinski definition) is 0. The second-order valence-electron chi connectivity index (χ2n) is 11.2. The smallest absolute Gasteiger partial charge is 0.168 e. The van der Waals surface area contributed by atoms with Crippen LogP contribution in [-0.4, -0.2) is 12.7 Å². The van der Waals surface area contributed by atoms with Crippen molar-refractivity contribution in [3.05, 3.63) is 79.1 Å². The highest BCUT2D eigenvalue weighted by atomic mass is 16.5. The number of pyridine rings is 1. The fourth-order valence-corrected chi connectivity index (χ4v) is 5.21. The van der Waals surface area contributed by atoms with Crippen molar-refractivity contribution in [1.29, 1.82) is 0 Å². The van der Waals surface area contributed by atoms with Crippen molar-refractivity contribution in [2.75, 3.05) is 6.61 Å². The van der Waals surface area contributed by atoms with Gasteiger partial charge in [-0.2, -0.15) is 0 Å². The van der Waals surface area contributed by atoms with Gasteiger partial charge < -0.3 is 9.47 Å². The summed E-state index contributed by atoms with van der Waals surface area (Å²) in [5.41, 5.74) is 2.43. The Bertz CT molecular complexity index is 1000. The molecule has 1 atom stereocenters. The van der Waals surface area contributed by atoms with E-state index in [-0.39, 0.29) is 0 Å². The van der Waals surface area contributed by atoms with Crippen LogP contribution in [0.25, 0.3) is 11.1 Å². The average Bonchev–Trinajstić information content (AvgIpc) is 3.00. The van der Waals surface area contributed by atoms with E-state index in [9.17, 15) is 0 Å². The SMILES string of the molecule is CCCCCCCCCCOc1ccc(-c2ccc(OC(CCCC)CCCCC[n+]3ccccc3)cc2)cc1. The molecule has 3 aromatic rings. The molecule has 0 N–H and O–H groups in total. The summed E-state index contributed by atoms with van der Waals surface area (Å²) < 4.78 is 14.7. The molecule has 1 heterocycles. The molecule has 0 saturated carbocycles. The van der Waals surface area contributed by atoms with Gasteiger partial charge in [-0.05, 0) is 67.5 Å². The number of aromatic nitrogens is 1. The van der Waals surface area contributed by atoms with E-state index >= 15 is 0 Å². The fourth-order valence-electron chi connectivity index (χ4n) is 5.21. The first-order valence-electron chi connectivity index (χ1n) is 16.2. The lowest BCUT2D eigenvalue weighted by Gasteiger charge is -2.19. The topological polar surface area (TPSA) is 22.3 Å². The summed E-state index contributed by atoms with van der Waals surface area (Å²) in [5.74, 6) is 1.95. The van der Waals surface area contributed by atoms with Gasteiger partial charge in [-0.3, -0.25) is 0 Å². The van der Waals surface area contributed by atoms with E-state index in [2.05, 4.69) is 97.5 Å². The first-order valence-corrected chi connectivity index (χ1v) is 16.2. The maximum absolute atomic E-state index is 6.46. The third-order valence-corrected chi connectivity index (χ3v) is 7.71.